The maximum absolute atomic E-state index is 12.1. The number of amides is 2. The SMILES string of the molecule is CC(C)CC(CNC(=O)OC(C)(C)C)NC(=O)C1CCCO1. The molecule has 0 aromatic heterocycles. The molecule has 0 radical (unpaired) electrons. The summed E-state index contributed by atoms with van der Waals surface area (Å²) in [5.74, 6) is 0.323. The first-order valence-corrected chi connectivity index (χ1v) is 8.06. The van der Waals surface area contributed by atoms with Crippen LogP contribution < -0.4 is 10.6 Å². The molecule has 1 saturated heterocycles. The molecule has 2 unspecified atom stereocenters. The van der Waals surface area contributed by atoms with Gasteiger partial charge in [0.05, 0.1) is 0 Å². The van der Waals surface area contributed by atoms with E-state index in [0.717, 1.165) is 19.3 Å². The van der Waals surface area contributed by atoms with Crippen LogP contribution in [0.1, 0.15) is 53.9 Å². The first-order valence-electron chi connectivity index (χ1n) is 8.06. The third-order valence-corrected chi connectivity index (χ3v) is 3.22. The molecular formula is C16H30N2O4. The van der Waals surface area contributed by atoms with Crippen LogP contribution in [0, 0.1) is 5.92 Å². The third kappa shape index (κ3) is 7.64. The Hall–Kier alpha value is -1.30. The lowest BCUT2D eigenvalue weighted by atomic mass is 10.0. The molecule has 0 aliphatic carbocycles. The van der Waals surface area contributed by atoms with Crippen LogP contribution >= 0.6 is 0 Å². The van der Waals surface area contributed by atoms with E-state index in [4.69, 9.17) is 9.47 Å². The fourth-order valence-corrected chi connectivity index (χ4v) is 2.36. The van der Waals surface area contributed by atoms with Gasteiger partial charge in [0, 0.05) is 19.2 Å². The first-order chi connectivity index (χ1) is 10.2. The van der Waals surface area contributed by atoms with Gasteiger partial charge in [-0.2, -0.15) is 0 Å². The highest BCUT2D eigenvalue weighted by molar-refractivity contribution is 5.81. The second-order valence-electron chi connectivity index (χ2n) is 7.22. The van der Waals surface area contributed by atoms with Crippen molar-refractivity contribution in [3.63, 3.8) is 0 Å². The van der Waals surface area contributed by atoms with Crippen molar-refractivity contribution in [1.29, 1.82) is 0 Å². The first kappa shape index (κ1) is 18.7. The van der Waals surface area contributed by atoms with Gasteiger partial charge in [0.1, 0.15) is 11.7 Å². The van der Waals surface area contributed by atoms with Gasteiger partial charge in [-0.3, -0.25) is 4.79 Å². The van der Waals surface area contributed by atoms with Gasteiger partial charge in [-0.1, -0.05) is 13.8 Å². The molecule has 2 N–H and O–H groups in total. The molecule has 1 aliphatic rings. The van der Waals surface area contributed by atoms with Gasteiger partial charge in [0.2, 0.25) is 5.91 Å². The zero-order valence-corrected chi connectivity index (χ0v) is 14.4. The van der Waals surface area contributed by atoms with E-state index in [-0.39, 0.29) is 18.1 Å². The maximum atomic E-state index is 12.1. The zero-order chi connectivity index (χ0) is 16.8. The molecular weight excluding hydrogens is 284 g/mol. The molecule has 22 heavy (non-hydrogen) atoms. The molecule has 0 aromatic rings. The number of hydrogen-bond acceptors (Lipinski definition) is 4. The third-order valence-electron chi connectivity index (χ3n) is 3.22. The Bertz CT molecular complexity index is 371. The van der Waals surface area contributed by atoms with Gasteiger partial charge in [-0.25, -0.2) is 4.79 Å². The van der Waals surface area contributed by atoms with Crippen LogP contribution in [0.3, 0.4) is 0 Å². The molecule has 128 valence electrons. The predicted molar refractivity (Wildman–Crippen MR) is 84.6 cm³/mol. The molecule has 1 fully saturated rings. The summed E-state index contributed by atoms with van der Waals surface area (Å²) in [6.07, 6.45) is 1.65. The van der Waals surface area contributed by atoms with E-state index >= 15 is 0 Å². The zero-order valence-electron chi connectivity index (χ0n) is 14.4. The van der Waals surface area contributed by atoms with E-state index in [1.54, 1.807) is 0 Å². The Kier molecular flexibility index (Phi) is 7.13. The highest BCUT2D eigenvalue weighted by atomic mass is 16.6. The lowest BCUT2D eigenvalue weighted by Gasteiger charge is -2.24. The number of carbonyl (C=O) groups is 2. The van der Waals surface area contributed by atoms with Crippen LogP contribution in [0.25, 0.3) is 0 Å². The second-order valence-corrected chi connectivity index (χ2v) is 7.22. The van der Waals surface area contributed by atoms with E-state index in [1.165, 1.54) is 0 Å². The topological polar surface area (TPSA) is 76.7 Å². The fourth-order valence-electron chi connectivity index (χ4n) is 2.36. The Morgan fingerprint density at radius 3 is 2.50 bits per heavy atom. The molecule has 6 nitrogen and oxygen atoms in total. The Morgan fingerprint density at radius 2 is 2.00 bits per heavy atom. The van der Waals surface area contributed by atoms with Gasteiger partial charge in [0.15, 0.2) is 0 Å². The summed E-state index contributed by atoms with van der Waals surface area (Å²) in [5.41, 5.74) is -0.529. The van der Waals surface area contributed by atoms with E-state index in [0.29, 0.717) is 19.1 Å². The van der Waals surface area contributed by atoms with Crippen molar-refractivity contribution in [2.45, 2.75) is 71.6 Å². The van der Waals surface area contributed by atoms with E-state index < -0.39 is 11.7 Å². The molecule has 1 heterocycles. The largest absolute Gasteiger partial charge is 0.444 e. The minimum Gasteiger partial charge on any atom is -0.444 e. The minimum absolute atomic E-state index is 0.0888. The summed E-state index contributed by atoms with van der Waals surface area (Å²) in [6, 6.07) is -0.121. The second kappa shape index (κ2) is 8.36. The lowest BCUT2D eigenvalue weighted by molar-refractivity contribution is -0.130. The Morgan fingerprint density at radius 1 is 1.32 bits per heavy atom. The Labute approximate surface area is 133 Å². The van der Waals surface area contributed by atoms with Crippen LogP contribution in [-0.4, -0.2) is 42.9 Å². The highest BCUT2D eigenvalue weighted by Gasteiger charge is 2.26. The van der Waals surface area contributed by atoms with Gasteiger partial charge >= 0.3 is 6.09 Å². The normalized spacial score (nSPS) is 19.8. The monoisotopic (exact) mass is 314 g/mol. The van der Waals surface area contributed by atoms with Crippen molar-refractivity contribution in [1.82, 2.24) is 10.6 Å². The van der Waals surface area contributed by atoms with Crippen molar-refractivity contribution in [2.24, 2.45) is 5.92 Å². The fraction of sp³-hybridized carbons (Fsp3) is 0.875. The van der Waals surface area contributed by atoms with Crippen molar-refractivity contribution in [3.8, 4) is 0 Å². The molecule has 6 heteroatoms. The molecule has 0 aromatic carbocycles. The van der Waals surface area contributed by atoms with Crippen LogP contribution in [0.2, 0.25) is 0 Å². The number of alkyl carbamates (subject to hydrolysis) is 1. The van der Waals surface area contributed by atoms with E-state index in [9.17, 15) is 9.59 Å². The molecule has 1 rings (SSSR count). The Balaban J connectivity index is 2.46. The maximum Gasteiger partial charge on any atom is 0.407 e. The van der Waals surface area contributed by atoms with Crippen molar-refractivity contribution in [3.05, 3.63) is 0 Å². The summed E-state index contributed by atoms with van der Waals surface area (Å²) >= 11 is 0. The van der Waals surface area contributed by atoms with Crippen molar-refractivity contribution >= 4 is 12.0 Å². The minimum atomic E-state index is -0.529. The molecule has 2 amide bonds. The highest BCUT2D eigenvalue weighted by Crippen LogP contribution is 2.13. The average Bonchev–Trinajstić information content (AvgIpc) is 2.86. The summed E-state index contributed by atoms with van der Waals surface area (Å²) in [4.78, 5) is 23.9. The number of nitrogens with one attached hydrogen (secondary N) is 2. The van der Waals surface area contributed by atoms with E-state index in [1.807, 2.05) is 20.8 Å². The number of hydrogen-bond donors (Lipinski definition) is 2. The molecule has 0 bridgehead atoms. The van der Waals surface area contributed by atoms with Crippen molar-refractivity contribution in [2.75, 3.05) is 13.2 Å². The number of rotatable bonds is 6. The quantitative estimate of drug-likeness (QED) is 0.788. The summed E-state index contributed by atoms with van der Waals surface area (Å²) < 4.78 is 10.6. The van der Waals surface area contributed by atoms with E-state index in [2.05, 4.69) is 24.5 Å². The van der Waals surface area contributed by atoms with Gasteiger partial charge in [-0.15, -0.1) is 0 Å². The van der Waals surface area contributed by atoms with Gasteiger partial charge < -0.3 is 20.1 Å². The molecule has 0 spiro atoms. The smallest absolute Gasteiger partial charge is 0.407 e. The average molecular weight is 314 g/mol. The summed E-state index contributed by atoms with van der Waals surface area (Å²) in [5, 5.41) is 5.70. The van der Waals surface area contributed by atoms with Gasteiger partial charge in [-0.05, 0) is 46.0 Å². The van der Waals surface area contributed by atoms with Crippen molar-refractivity contribution < 1.29 is 19.1 Å². The number of ether oxygens (including phenoxy) is 2. The van der Waals surface area contributed by atoms with Crippen LogP contribution in [0.5, 0.6) is 0 Å². The lowest BCUT2D eigenvalue weighted by Crippen LogP contribution is -2.48. The van der Waals surface area contributed by atoms with Gasteiger partial charge in [0.25, 0.3) is 0 Å². The van der Waals surface area contributed by atoms with Crippen LogP contribution in [0.4, 0.5) is 4.79 Å². The summed E-state index contributed by atoms with van der Waals surface area (Å²) in [6.45, 7) is 10.6. The standard InChI is InChI=1S/C16H30N2O4/c1-11(2)9-12(10-17-15(20)22-16(3,4)5)18-14(19)13-7-6-8-21-13/h11-13H,6-10H2,1-5H3,(H,17,20)(H,18,19). The summed E-state index contributed by atoms with van der Waals surface area (Å²) in [7, 11) is 0. The molecule has 2 atom stereocenters. The number of carbonyl (C=O) groups excluding carboxylic acids is 2. The van der Waals surface area contributed by atoms with Crippen LogP contribution in [-0.2, 0) is 14.3 Å². The predicted octanol–water partition coefficient (Wildman–Crippen LogP) is 2.22. The molecule has 1 aliphatic heterocycles. The van der Waals surface area contributed by atoms with Crippen LogP contribution in [0.15, 0.2) is 0 Å². The molecule has 0 saturated carbocycles.